The van der Waals surface area contributed by atoms with Gasteiger partial charge in [0.05, 0.1) is 6.04 Å². The van der Waals surface area contributed by atoms with Gasteiger partial charge in [-0.2, -0.15) is 0 Å². The van der Waals surface area contributed by atoms with Crippen LogP contribution in [0.25, 0.3) is 0 Å². The van der Waals surface area contributed by atoms with Crippen molar-refractivity contribution < 1.29 is 0 Å². The minimum atomic E-state index is 0.400. The summed E-state index contributed by atoms with van der Waals surface area (Å²) in [5.74, 6) is 1.95. The molecule has 1 heteroatoms. The number of benzene rings is 2. The molecule has 0 amide bonds. The summed E-state index contributed by atoms with van der Waals surface area (Å²) < 4.78 is 0. The fraction of sp³-hybridized carbons (Fsp3) is 0.391. The molecule has 2 aromatic carbocycles. The molecule has 0 bridgehead atoms. The van der Waals surface area contributed by atoms with Crippen LogP contribution in [0.3, 0.4) is 0 Å². The first-order valence-corrected chi connectivity index (χ1v) is 9.47. The molecule has 0 unspecified atom stereocenters. The zero-order valence-electron chi connectivity index (χ0n) is 14.2. The Balaban J connectivity index is 1.40. The third-order valence-corrected chi connectivity index (χ3v) is 6.25. The first kappa shape index (κ1) is 14.5. The normalized spacial score (nSPS) is 26.2. The van der Waals surface area contributed by atoms with Gasteiger partial charge in [-0.15, -0.1) is 0 Å². The predicted octanol–water partition coefficient (Wildman–Crippen LogP) is 5.21. The van der Waals surface area contributed by atoms with E-state index in [1.54, 1.807) is 5.57 Å². The molecule has 5 rings (SSSR count). The fourth-order valence-corrected chi connectivity index (χ4v) is 5.04. The lowest BCUT2D eigenvalue weighted by Crippen LogP contribution is -2.43. The van der Waals surface area contributed by atoms with Crippen molar-refractivity contribution in [3.63, 3.8) is 0 Å². The number of nitrogens with zero attached hydrogens (tertiary/aromatic N) is 1. The van der Waals surface area contributed by atoms with Crippen molar-refractivity contribution in [3.8, 4) is 0 Å². The van der Waals surface area contributed by atoms with Crippen LogP contribution in [0.4, 0.5) is 0 Å². The first-order chi connectivity index (χ1) is 11.9. The Hall–Kier alpha value is -1.86. The highest BCUT2D eigenvalue weighted by atomic mass is 15.2. The molecule has 1 heterocycles. The average Bonchev–Trinajstić information content (AvgIpc) is 3.33. The summed E-state index contributed by atoms with van der Waals surface area (Å²) in [6.07, 6.45) is 5.84. The molecule has 2 atom stereocenters. The molecule has 1 nitrogen and oxygen atoms in total. The van der Waals surface area contributed by atoms with Crippen LogP contribution in [-0.2, 0) is 0 Å². The number of likely N-dealkylation sites (tertiary alicyclic amines) is 1. The van der Waals surface area contributed by atoms with E-state index >= 15 is 0 Å². The van der Waals surface area contributed by atoms with Gasteiger partial charge in [0, 0.05) is 13.1 Å². The van der Waals surface area contributed by atoms with Crippen LogP contribution < -0.4 is 0 Å². The van der Waals surface area contributed by atoms with Gasteiger partial charge in [0.1, 0.15) is 0 Å². The highest BCUT2D eigenvalue weighted by Crippen LogP contribution is 2.57. The lowest BCUT2D eigenvalue weighted by Gasteiger charge is -2.41. The van der Waals surface area contributed by atoms with E-state index in [1.165, 1.54) is 49.9 Å². The van der Waals surface area contributed by atoms with Gasteiger partial charge >= 0.3 is 0 Å². The molecule has 1 saturated heterocycles. The Bertz CT molecular complexity index is 685. The lowest BCUT2D eigenvalue weighted by molar-refractivity contribution is 0.200. The van der Waals surface area contributed by atoms with Crippen LogP contribution >= 0.6 is 0 Å². The SMILES string of the molecule is c1ccc(C(c2ccccc2)N2CC(=C3[C@H]4CCCC[C@@H]34)C2)cc1. The highest BCUT2D eigenvalue weighted by molar-refractivity contribution is 5.42. The Kier molecular flexibility index (Phi) is 3.56. The van der Waals surface area contributed by atoms with Crippen molar-refractivity contribution in [2.24, 2.45) is 11.8 Å². The standard InChI is InChI=1S/C23H25N/c1-3-9-17(10-4-1)23(18-11-5-2-6-12-18)24-15-19(16-24)22-20-13-7-8-14-21(20)22/h1-6,9-12,20-21,23H,7-8,13-16H2/t20-,21+. The van der Waals surface area contributed by atoms with Gasteiger partial charge in [-0.05, 0) is 41.4 Å². The Morgan fingerprint density at radius 2 is 1.21 bits per heavy atom. The van der Waals surface area contributed by atoms with Crippen molar-refractivity contribution in [2.75, 3.05) is 13.1 Å². The van der Waals surface area contributed by atoms with E-state index in [4.69, 9.17) is 0 Å². The number of hydrogen-bond acceptors (Lipinski definition) is 1. The molecule has 0 N–H and O–H groups in total. The van der Waals surface area contributed by atoms with E-state index in [9.17, 15) is 0 Å². The molecule has 2 aromatic rings. The monoisotopic (exact) mass is 315 g/mol. The molecule has 3 aliphatic rings. The summed E-state index contributed by atoms with van der Waals surface area (Å²) in [5, 5.41) is 0. The Labute approximate surface area is 145 Å². The number of rotatable bonds is 3. The summed E-state index contributed by atoms with van der Waals surface area (Å²) in [4.78, 5) is 2.65. The van der Waals surface area contributed by atoms with Gasteiger partial charge < -0.3 is 0 Å². The maximum Gasteiger partial charge on any atom is 0.0607 e. The predicted molar refractivity (Wildman–Crippen MR) is 98.8 cm³/mol. The van der Waals surface area contributed by atoms with Gasteiger partial charge in [-0.25, -0.2) is 0 Å². The summed E-state index contributed by atoms with van der Waals surface area (Å²) in [6.45, 7) is 2.35. The number of fused-ring (bicyclic) bond motifs is 1. The summed E-state index contributed by atoms with van der Waals surface area (Å²) in [7, 11) is 0. The fourth-order valence-electron chi connectivity index (χ4n) is 5.04. The zero-order chi connectivity index (χ0) is 15.9. The molecule has 122 valence electrons. The van der Waals surface area contributed by atoms with Crippen LogP contribution in [0.15, 0.2) is 71.8 Å². The molecule has 1 aliphatic heterocycles. The molecule has 2 saturated carbocycles. The minimum absolute atomic E-state index is 0.400. The van der Waals surface area contributed by atoms with E-state index in [2.05, 4.69) is 65.6 Å². The molecule has 0 radical (unpaired) electrons. The average molecular weight is 315 g/mol. The Morgan fingerprint density at radius 3 is 1.71 bits per heavy atom. The van der Waals surface area contributed by atoms with Gasteiger partial charge in [-0.3, -0.25) is 4.90 Å². The maximum atomic E-state index is 2.65. The van der Waals surface area contributed by atoms with Crippen LogP contribution in [0.5, 0.6) is 0 Å². The lowest BCUT2D eigenvalue weighted by atomic mass is 9.92. The van der Waals surface area contributed by atoms with Gasteiger partial charge in [0.25, 0.3) is 0 Å². The van der Waals surface area contributed by atoms with Gasteiger partial charge in [-0.1, -0.05) is 79.1 Å². The minimum Gasteiger partial charge on any atom is -0.284 e. The van der Waals surface area contributed by atoms with E-state index in [0.717, 1.165) is 11.8 Å². The largest absolute Gasteiger partial charge is 0.284 e. The third-order valence-electron chi connectivity index (χ3n) is 6.25. The van der Waals surface area contributed by atoms with Crippen LogP contribution in [0.1, 0.15) is 42.9 Å². The summed E-state index contributed by atoms with van der Waals surface area (Å²) in [5.41, 5.74) is 6.47. The van der Waals surface area contributed by atoms with Crippen molar-refractivity contribution in [1.29, 1.82) is 0 Å². The molecule has 0 spiro atoms. The zero-order valence-corrected chi connectivity index (χ0v) is 14.2. The van der Waals surface area contributed by atoms with Gasteiger partial charge in [0.15, 0.2) is 0 Å². The second-order valence-electron chi connectivity index (χ2n) is 7.69. The molecular formula is C23H25N. The van der Waals surface area contributed by atoms with Crippen molar-refractivity contribution >= 4 is 0 Å². The molecule has 2 aliphatic carbocycles. The molecule has 24 heavy (non-hydrogen) atoms. The van der Waals surface area contributed by atoms with E-state index in [1.807, 2.05) is 5.57 Å². The van der Waals surface area contributed by atoms with Gasteiger partial charge in [0.2, 0.25) is 0 Å². The molecule has 3 fully saturated rings. The smallest absolute Gasteiger partial charge is 0.0607 e. The molecule has 0 aromatic heterocycles. The summed E-state index contributed by atoms with van der Waals surface area (Å²) in [6, 6.07) is 22.4. The van der Waals surface area contributed by atoms with Crippen LogP contribution in [0, 0.1) is 11.8 Å². The topological polar surface area (TPSA) is 3.24 Å². The van der Waals surface area contributed by atoms with E-state index in [0.29, 0.717) is 6.04 Å². The number of hydrogen-bond donors (Lipinski definition) is 0. The van der Waals surface area contributed by atoms with Crippen LogP contribution in [-0.4, -0.2) is 18.0 Å². The van der Waals surface area contributed by atoms with Crippen LogP contribution in [0.2, 0.25) is 0 Å². The first-order valence-electron chi connectivity index (χ1n) is 9.47. The summed E-state index contributed by atoms with van der Waals surface area (Å²) >= 11 is 0. The second-order valence-corrected chi connectivity index (χ2v) is 7.69. The Morgan fingerprint density at radius 1 is 0.708 bits per heavy atom. The van der Waals surface area contributed by atoms with E-state index in [-0.39, 0.29) is 0 Å². The third kappa shape index (κ3) is 2.43. The van der Waals surface area contributed by atoms with Crippen molar-refractivity contribution in [3.05, 3.63) is 82.9 Å². The quantitative estimate of drug-likeness (QED) is 0.703. The maximum absolute atomic E-state index is 2.65. The molecular weight excluding hydrogens is 290 g/mol. The number of allylic oxidation sites excluding steroid dienone is 1. The van der Waals surface area contributed by atoms with Crippen molar-refractivity contribution in [1.82, 2.24) is 4.90 Å². The highest BCUT2D eigenvalue weighted by Gasteiger charge is 2.48. The van der Waals surface area contributed by atoms with Crippen molar-refractivity contribution in [2.45, 2.75) is 31.7 Å². The second kappa shape index (κ2) is 5.89. The van der Waals surface area contributed by atoms with E-state index < -0.39 is 0 Å².